The van der Waals surface area contributed by atoms with Crippen molar-refractivity contribution in [2.45, 2.75) is 26.8 Å². The number of thiophene rings is 1. The van der Waals surface area contributed by atoms with Gasteiger partial charge in [0.1, 0.15) is 5.75 Å². The van der Waals surface area contributed by atoms with Crippen LogP contribution in [0.5, 0.6) is 5.75 Å². The van der Waals surface area contributed by atoms with E-state index in [0.717, 1.165) is 17.7 Å². The normalized spacial score (nSPS) is 10.9. The minimum Gasteiger partial charge on any atom is -0.506 e. The van der Waals surface area contributed by atoms with Gasteiger partial charge < -0.3 is 10.0 Å². The highest BCUT2D eigenvalue weighted by atomic mass is 35.5. The third-order valence-corrected chi connectivity index (χ3v) is 4.29. The summed E-state index contributed by atoms with van der Waals surface area (Å²) < 4.78 is 0. The zero-order valence-electron chi connectivity index (χ0n) is 12.8. The highest BCUT2D eigenvalue weighted by Crippen LogP contribution is 2.24. The van der Waals surface area contributed by atoms with Crippen molar-refractivity contribution in [1.82, 2.24) is 4.90 Å². The minimum absolute atomic E-state index is 0.0372. The van der Waals surface area contributed by atoms with E-state index in [1.165, 1.54) is 6.07 Å². The maximum absolute atomic E-state index is 12.6. The van der Waals surface area contributed by atoms with Crippen LogP contribution in [0.4, 0.5) is 0 Å². The number of phenols is 1. The van der Waals surface area contributed by atoms with Gasteiger partial charge in [0, 0.05) is 13.1 Å². The zero-order chi connectivity index (χ0) is 16.1. The molecule has 0 bridgehead atoms. The van der Waals surface area contributed by atoms with Crippen LogP contribution in [0, 0.1) is 5.92 Å². The molecule has 0 unspecified atom stereocenters. The van der Waals surface area contributed by atoms with Gasteiger partial charge in [0.25, 0.3) is 0 Å². The molecule has 0 atom stereocenters. The van der Waals surface area contributed by atoms with E-state index < -0.39 is 0 Å². The fourth-order valence-corrected chi connectivity index (χ4v) is 3.11. The molecule has 1 amide bonds. The molecule has 5 heteroatoms. The van der Waals surface area contributed by atoms with Gasteiger partial charge in [0.05, 0.1) is 11.4 Å². The van der Waals surface area contributed by atoms with Crippen LogP contribution in [0.3, 0.4) is 0 Å². The highest BCUT2D eigenvalue weighted by molar-refractivity contribution is 7.07. The molecule has 1 aromatic heterocycles. The summed E-state index contributed by atoms with van der Waals surface area (Å²) >= 11 is 7.54. The first-order valence-corrected chi connectivity index (χ1v) is 8.54. The van der Waals surface area contributed by atoms with Gasteiger partial charge in [-0.1, -0.05) is 31.5 Å². The van der Waals surface area contributed by atoms with Crippen LogP contribution in [0.25, 0.3) is 0 Å². The molecule has 0 aliphatic heterocycles. The number of rotatable bonds is 6. The van der Waals surface area contributed by atoms with Crippen molar-refractivity contribution in [3.63, 3.8) is 0 Å². The van der Waals surface area contributed by atoms with E-state index in [4.69, 9.17) is 11.6 Å². The topological polar surface area (TPSA) is 40.5 Å². The lowest BCUT2D eigenvalue weighted by Crippen LogP contribution is -2.34. The Bertz CT molecular complexity index is 626. The summed E-state index contributed by atoms with van der Waals surface area (Å²) in [5, 5.41) is 13.8. The van der Waals surface area contributed by atoms with Gasteiger partial charge in [-0.2, -0.15) is 11.3 Å². The molecule has 0 spiro atoms. The fourth-order valence-electron chi connectivity index (χ4n) is 2.25. The number of carbonyl (C=O) groups is 1. The van der Waals surface area contributed by atoms with Gasteiger partial charge in [-0.3, -0.25) is 4.79 Å². The number of hydrogen-bond donors (Lipinski definition) is 1. The van der Waals surface area contributed by atoms with Crippen molar-refractivity contribution in [3.05, 3.63) is 51.2 Å². The molecule has 0 aliphatic rings. The molecule has 0 aliphatic carbocycles. The van der Waals surface area contributed by atoms with E-state index in [2.05, 4.69) is 19.2 Å². The second kappa shape index (κ2) is 7.65. The Hall–Kier alpha value is -1.52. The first-order valence-electron chi connectivity index (χ1n) is 7.22. The maximum Gasteiger partial charge on any atom is 0.227 e. The van der Waals surface area contributed by atoms with Crippen molar-refractivity contribution in [2.24, 2.45) is 5.92 Å². The van der Waals surface area contributed by atoms with E-state index >= 15 is 0 Å². The summed E-state index contributed by atoms with van der Waals surface area (Å²) in [5.41, 5.74) is 1.97. The summed E-state index contributed by atoms with van der Waals surface area (Å²) in [6.45, 7) is 5.56. The third kappa shape index (κ3) is 4.75. The number of benzene rings is 1. The summed E-state index contributed by atoms with van der Waals surface area (Å²) in [6, 6.07) is 6.95. The number of hydrogen-bond acceptors (Lipinski definition) is 3. The average molecular weight is 338 g/mol. The molecular weight excluding hydrogens is 318 g/mol. The van der Waals surface area contributed by atoms with Gasteiger partial charge in [-0.25, -0.2) is 0 Å². The number of phenolic OH excluding ortho intramolecular Hbond substituents is 1. The monoisotopic (exact) mass is 337 g/mol. The molecule has 1 heterocycles. The lowest BCUT2D eigenvalue weighted by molar-refractivity contribution is -0.131. The summed E-state index contributed by atoms with van der Waals surface area (Å²) in [4.78, 5) is 14.5. The number of amides is 1. The van der Waals surface area contributed by atoms with E-state index in [1.807, 2.05) is 16.3 Å². The van der Waals surface area contributed by atoms with Crippen LogP contribution in [-0.2, 0) is 17.8 Å². The third-order valence-electron chi connectivity index (χ3n) is 3.26. The predicted octanol–water partition coefficient (Wildman–Crippen LogP) is 4.33. The first-order chi connectivity index (χ1) is 10.5. The summed E-state index contributed by atoms with van der Waals surface area (Å²) in [6.07, 6.45) is 0.289. The summed E-state index contributed by atoms with van der Waals surface area (Å²) in [5.74, 6) is 0.517. The molecule has 22 heavy (non-hydrogen) atoms. The van der Waals surface area contributed by atoms with Crippen LogP contribution in [-0.4, -0.2) is 22.5 Å². The van der Waals surface area contributed by atoms with Crippen molar-refractivity contribution < 1.29 is 9.90 Å². The highest BCUT2D eigenvalue weighted by Gasteiger charge is 2.16. The molecule has 0 radical (unpaired) electrons. The van der Waals surface area contributed by atoms with E-state index in [9.17, 15) is 9.90 Å². The fraction of sp³-hybridized carbons (Fsp3) is 0.353. The van der Waals surface area contributed by atoms with Crippen LogP contribution >= 0.6 is 22.9 Å². The van der Waals surface area contributed by atoms with Crippen molar-refractivity contribution in [1.29, 1.82) is 0 Å². The Balaban J connectivity index is 2.08. The molecule has 2 rings (SSSR count). The summed E-state index contributed by atoms with van der Waals surface area (Å²) in [7, 11) is 0. The Morgan fingerprint density at radius 1 is 1.32 bits per heavy atom. The number of carbonyl (C=O) groups excluding carboxylic acids is 1. The second-order valence-corrected chi connectivity index (χ2v) is 6.95. The first kappa shape index (κ1) is 16.8. The van der Waals surface area contributed by atoms with Gasteiger partial charge in [0.2, 0.25) is 5.91 Å². The lowest BCUT2D eigenvalue weighted by Gasteiger charge is -2.24. The van der Waals surface area contributed by atoms with Gasteiger partial charge in [-0.15, -0.1) is 0 Å². The predicted molar refractivity (Wildman–Crippen MR) is 91.4 cm³/mol. The van der Waals surface area contributed by atoms with Crippen LogP contribution in [0.1, 0.15) is 25.0 Å². The van der Waals surface area contributed by atoms with Crippen LogP contribution in [0.2, 0.25) is 5.02 Å². The molecule has 1 aromatic carbocycles. The van der Waals surface area contributed by atoms with Crippen LogP contribution in [0.15, 0.2) is 35.0 Å². The minimum atomic E-state index is 0.0372. The Morgan fingerprint density at radius 2 is 2.09 bits per heavy atom. The average Bonchev–Trinajstić information content (AvgIpc) is 2.94. The smallest absolute Gasteiger partial charge is 0.227 e. The Morgan fingerprint density at radius 3 is 2.68 bits per heavy atom. The van der Waals surface area contributed by atoms with E-state index in [0.29, 0.717) is 12.5 Å². The molecule has 0 saturated heterocycles. The second-order valence-electron chi connectivity index (χ2n) is 5.76. The van der Waals surface area contributed by atoms with E-state index in [-0.39, 0.29) is 23.1 Å². The SMILES string of the molecule is CC(C)CN(Cc1ccsc1)C(=O)Cc1ccc(O)c(Cl)c1. The standard InChI is InChI=1S/C17H20ClNO2S/c1-12(2)9-19(10-14-5-6-22-11-14)17(21)8-13-3-4-16(20)15(18)7-13/h3-7,11-12,20H,8-10H2,1-2H3. The van der Waals surface area contributed by atoms with Crippen LogP contribution < -0.4 is 0 Å². The number of halogens is 1. The Kier molecular flexibility index (Phi) is 5.86. The number of aromatic hydroxyl groups is 1. The molecular formula is C17H20ClNO2S. The van der Waals surface area contributed by atoms with Gasteiger partial charge in [0.15, 0.2) is 0 Å². The molecule has 0 saturated carbocycles. The lowest BCUT2D eigenvalue weighted by atomic mass is 10.1. The molecule has 1 N–H and O–H groups in total. The molecule has 2 aromatic rings. The zero-order valence-corrected chi connectivity index (χ0v) is 14.3. The van der Waals surface area contributed by atoms with Gasteiger partial charge in [-0.05, 0) is 46.0 Å². The molecule has 118 valence electrons. The van der Waals surface area contributed by atoms with Crippen molar-refractivity contribution in [2.75, 3.05) is 6.54 Å². The largest absolute Gasteiger partial charge is 0.506 e. The maximum atomic E-state index is 12.6. The van der Waals surface area contributed by atoms with Crippen molar-refractivity contribution >= 4 is 28.8 Å². The quantitative estimate of drug-likeness (QED) is 0.852. The molecule has 0 fully saturated rings. The number of nitrogens with zero attached hydrogens (tertiary/aromatic N) is 1. The van der Waals surface area contributed by atoms with Gasteiger partial charge >= 0.3 is 0 Å². The Labute approximate surface area is 140 Å². The molecule has 3 nitrogen and oxygen atoms in total. The van der Waals surface area contributed by atoms with Crippen molar-refractivity contribution in [3.8, 4) is 5.75 Å². The van der Waals surface area contributed by atoms with E-state index in [1.54, 1.807) is 23.5 Å².